The lowest BCUT2D eigenvalue weighted by Crippen LogP contribution is -2.26. The Morgan fingerprint density at radius 3 is 2.24 bits per heavy atom. The van der Waals surface area contributed by atoms with Crippen LogP contribution in [0, 0.1) is 32.4 Å². The molecule has 0 amide bonds. The second kappa shape index (κ2) is 16.1. The zero-order valence-electron chi connectivity index (χ0n) is 28.1. The number of carbonyl (C=O) groups is 1. The maximum atomic E-state index is 15.1. The van der Waals surface area contributed by atoms with Crippen LogP contribution >= 0.6 is 0 Å². The number of unbranched alkanes of at least 4 members (excludes halogenated alkanes) is 3. The van der Waals surface area contributed by atoms with E-state index in [4.69, 9.17) is 15.5 Å². The molecular formula is C38H46F4N2O2. The van der Waals surface area contributed by atoms with E-state index >= 15 is 8.78 Å². The Morgan fingerprint density at radius 2 is 1.63 bits per heavy atom. The summed E-state index contributed by atoms with van der Waals surface area (Å²) in [4.78, 5) is 18.5. The molecule has 4 nitrogen and oxygen atoms in total. The van der Waals surface area contributed by atoms with Gasteiger partial charge in [-0.15, -0.1) is 0 Å². The molecular weight excluding hydrogens is 592 g/mol. The number of nitrogens with two attached hydrogens (primary N) is 1. The van der Waals surface area contributed by atoms with Crippen LogP contribution < -0.4 is 10.5 Å². The molecule has 0 aliphatic heterocycles. The smallest absolute Gasteiger partial charge is 0.281 e. The summed E-state index contributed by atoms with van der Waals surface area (Å²) >= 11 is 0. The fourth-order valence-electron chi connectivity index (χ4n) is 5.60. The molecule has 0 fully saturated rings. The average Bonchev–Trinajstić information content (AvgIpc) is 3.00. The lowest BCUT2D eigenvalue weighted by Gasteiger charge is -2.24. The number of aliphatic imine (C=N–C) groups is 1. The Kier molecular flexibility index (Phi) is 12.8. The number of allylic oxidation sites excluding steroid dienone is 2. The number of Topliss-reactive ketones (excluding diaryl/α,β-unsaturated/α-hetero) is 1. The highest BCUT2D eigenvalue weighted by Crippen LogP contribution is 2.46. The first kappa shape index (κ1) is 36.5. The van der Waals surface area contributed by atoms with Crippen molar-refractivity contribution in [2.45, 2.75) is 99.3 Å². The van der Waals surface area contributed by atoms with E-state index in [2.05, 4.69) is 6.92 Å². The number of hydrogen-bond donors (Lipinski definition) is 1. The fraction of sp³-hybridized carbons (Fsp3) is 0.421. The van der Waals surface area contributed by atoms with Gasteiger partial charge in [0, 0.05) is 28.8 Å². The van der Waals surface area contributed by atoms with E-state index < -0.39 is 35.6 Å². The largest absolute Gasteiger partial charge is 0.484 e. The molecule has 0 heterocycles. The lowest BCUT2D eigenvalue weighted by molar-refractivity contribution is -0.0490. The fourth-order valence-corrected chi connectivity index (χ4v) is 5.60. The first-order valence-corrected chi connectivity index (χ1v) is 16.0. The van der Waals surface area contributed by atoms with Crippen LogP contribution in [-0.4, -0.2) is 24.0 Å². The summed E-state index contributed by atoms with van der Waals surface area (Å²) in [6.07, 6.45) is 5.96. The number of rotatable bonds is 15. The number of benzene rings is 3. The van der Waals surface area contributed by atoms with Gasteiger partial charge >= 0.3 is 0 Å². The summed E-state index contributed by atoms with van der Waals surface area (Å²) in [7, 11) is 0. The molecule has 2 N–H and O–H groups in total. The van der Waals surface area contributed by atoms with Crippen molar-refractivity contribution in [3.8, 4) is 16.9 Å². The second-order valence-corrected chi connectivity index (χ2v) is 12.0. The molecule has 8 heteroatoms. The molecule has 0 saturated heterocycles. The SMILES string of the molecule is C/C=C(/C(=O)c1cc(F)c(N)c(F)c1)c1cccc(-c2c(C)cc(C)c(N=C(C)CCCC)c2OCC(F)(F)CCCCC)c1C. The minimum absolute atomic E-state index is 0.179. The average molecular weight is 639 g/mol. The lowest BCUT2D eigenvalue weighted by atomic mass is 9.87. The van der Waals surface area contributed by atoms with Gasteiger partial charge in [0.1, 0.15) is 23.0 Å². The molecule has 0 bridgehead atoms. The van der Waals surface area contributed by atoms with Crippen molar-refractivity contribution in [2.24, 2.45) is 4.99 Å². The number of ketones is 1. The molecule has 0 saturated carbocycles. The van der Waals surface area contributed by atoms with Crippen LogP contribution in [0.5, 0.6) is 5.75 Å². The normalized spacial score (nSPS) is 12.5. The van der Waals surface area contributed by atoms with E-state index in [-0.39, 0.29) is 23.3 Å². The number of nitrogen functional groups attached to an aromatic ring is 1. The summed E-state index contributed by atoms with van der Waals surface area (Å²) < 4.78 is 64.8. The molecule has 46 heavy (non-hydrogen) atoms. The number of halogens is 4. The van der Waals surface area contributed by atoms with Gasteiger partial charge in [-0.3, -0.25) is 9.79 Å². The molecule has 3 rings (SSSR count). The molecule has 0 unspecified atom stereocenters. The minimum atomic E-state index is -3.03. The number of anilines is 1. The van der Waals surface area contributed by atoms with Gasteiger partial charge in [0.2, 0.25) is 0 Å². The summed E-state index contributed by atoms with van der Waals surface area (Å²) in [6.45, 7) is 12.5. The van der Waals surface area contributed by atoms with E-state index in [9.17, 15) is 13.6 Å². The zero-order valence-corrected chi connectivity index (χ0v) is 28.1. The highest BCUT2D eigenvalue weighted by molar-refractivity contribution is 6.29. The number of ether oxygens (including phenoxy) is 1. The van der Waals surface area contributed by atoms with E-state index in [1.807, 2.05) is 46.8 Å². The van der Waals surface area contributed by atoms with E-state index in [1.54, 1.807) is 25.1 Å². The van der Waals surface area contributed by atoms with Crippen molar-refractivity contribution < 1.29 is 27.1 Å². The predicted octanol–water partition coefficient (Wildman–Crippen LogP) is 11.3. The quantitative estimate of drug-likeness (QED) is 0.0450. The van der Waals surface area contributed by atoms with Gasteiger partial charge in [-0.25, -0.2) is 17.6 Å². The summed E-state index contributed by atoms with van der Waals surface area (Å²) in [5.41, 5.74) is 10.3. The molecule has 0 radical (unpaired) electrons. The van der Waals surface area contributed by atoms with Crippen molar-refractivity contribution in [1.82, 2.24) is 0 Å². The number of hydrogen-bond acceptors (Lipinski definition) is 4. The van der Waals surface area contributed by atoms with E-state index in [0.717, 1.165) is 54.7 Å². The molecule has 0 aliphatic rings. The van der Waals surface area contributed by atoms with Crippen molar-refractivity contribution in [3.63, 3.8) is 0 Å². The molecule has 0 spiro atoms. The minimum Gasteiger partial charge on any atom is -0.484 e. The third kappa shape index (κ3) is 8.65. The first-order valence-electron chi connectivity index (χ1n) is 16.0. The van der Waals surface area contributed by atoms with Crippen LogP contribution in [0.1, 0.15) is 105 Å². The molecule has 3 aromatic rings. The van der Waals surface area contributed by atoms with Crippen LogP contribution in [0.4, 0.5) is 28.9 Å². The maximum Gasteiger partial charge on any atom is 0.281 e. The van der Waals surface area contributed by atoms with Crippen LogP contribution in [0.25, 0.3) is 16.7 Å². The Labute approximate surface area is 270 Å². The van der Waals surface area contributed by atoms with Gasteiger partial charge in [-0.05, 0) is 93.8 Å². The van der Waals surface area contributed by atoms with Gasteiger partial charge in [0.05, 0.1) is 0 Å². The third-order valence-electron chi connectivity index (χ3n) is 8.18. The van der Waals surface area contributed by atoms with Crippen molar-refractivity contribution >= 4 is 28.4 Å². The Bertz CT molecular complexity index is 1600. The van der Waals surface area contributed by atoms with Crippen molar-refractivity contribution in [3.05, 3.63) is 81.9 Å². The number of alkyl halides is 2. The summed E-state index contributed by atoms with van der Waals surface area (Å²) in [5.74, 6) is -5.39. The molecule has 248 valence electrons. The number of nitrogens with zero attached hydrogens (tertiary/aromatic N) is 1. The Morgan fingerprint density at radius 1 is 0.978 bits per heavy atom. The van der Waals surface area contributed by atoms with Crippen molar-refractivity contribution in [2.75, 3.05) is 12.3 Å². The van der Waals surface area contributed by atoms with Gasteiger partial charge < -0.3 is 10.5 Å². The van der Waals surface area contributed by atoms with Crippen LogP contribution in [-0.2, 0) is 0 Å². The number of aryl methyl sites for hydroxylation is 2. The van der Waals surface area contributed by atoms with Crippen LogP contribution in [0.3, 0.4) is 0 Å². The number of carbonyl (C=O) groups excluding carboxylic acids is 1. The maximum absolute atomic E-state index is 15.1. The highest BCUT2D eigenvalue weighted by Gasteiger charge is 2.31. The van der Waals surface area contributed by atoms with Gasteiger partial charge in [0.25, 0.3) is 5.92 Å². The first-order chi connectivity index (χ1) is 21.8. The predicted molar refractivity (Wildman–Crippen MR) is 182 cm³/mol. The monoisotopic (exact) mass is 638 g/mol. The Hall–Kier alpha value is -3.94. The van der Waals surface area contributed by atoms with Gasteiger partial charge in [0.15, 0.2) is 18.1 Å². The summed E-state index contributed by atoms with van der Waals surface area (Å²) in [5, 5.41) is 0. The van der Waals surface area contributed by atoms with E-state index in [0.29, 0.717) is 40.8 Å². The van der Waals surface area contributed by atoms with Gasteiger partial charge in [-0.1, -0.05) is 63.5 Å². The summed E-state index contributed by atoms with van der Waals surface area (Å²) in [6, 6.07) is 9.16. The third-order valence-corrected chi connectivity index (χ3v) is 8.18. The van der Waals surface area contributed by atoms with Gasteiger partial charge in [-0.2, -0.15) is 0 Å². The van der Waals surface area contributed by atoms with Crippen LogP contribution in [0.2, 0.25) is 0 Å². The second-order valence-electron chi connectivity index (χ2n) is 12.0. The van der Waals surface area contributed by atoms with E-state index in [1.165, 1.54) is 0 Å². The molecule has 0 atom stereocenters. The standard InChI is InChI=1S/C38H46F4N2O2/c1-8-11-13-18-38(41,42)22-46-37-33(23(4)19-24(5)35(37)44-25(6)15-12-9-2)30-17-14-16-29(26(30)7)28(10-3)36(45)27-20-31(39)34(43)32(40)21-27/h10,14,16-17,19-21H,8-9,11-13,15,18,22,43H2,1-7H3/b28-10+,44-25?. The topological polar surface area (TPSA) is 64.7 Å². The van der Waals surface area contributed by atoms with Crippen molar-refractivity contribution in [1.29, 1.82) is 0 Å². The molecule has 3 aromatic carbocycles. The van der Waals surface area contributed by atoms with Crippen LogP contribution in [0.15, 0.2) is 47.5 Å². The molecule has 0 aliphatic carbocycles. The zero-order chi connectivity index (χ0) is 34.2. The highest BCUT2D eigenvalue weighted by atomic mass is 19.3. The Balaban J connectivity index is 2.22. The molecule has 0 aromatic heterocycles.